The van der Waals surface area contributed by atoms with Crippen molar-refractivity contribution in [2.24, 2.45) is 0 Å². The lowest BCUT2D eigenvalue weighted by Crippen LogP contribution is -2.03. The van der Waals surface area contributed by atoms with Gasteiger partial charge in [0.05, 0.1) is 17.0 Å². The molecule has 0 aliphatic carbocycles. The molecular formula is C25H21BrN2O2. The second-order valence-corrected chi connectivity index (χ2v) is 7.67. The summed E-state index contributed by atoms with van der Waals surface area (Å²) in [6.07, 6.45) is 0. The van der Waals surface area contributed by atoms with Crippen LogP contribution in [-0.4, -0.2) is 9.97 Å². The molecule has 2 aromatic heterocycles. The lowest BCUT2D eigenvalue weighted by atomic mass is 10.1. The van der Waals surface area contributed by atoms with Gasteiger partial charge >= 0.3 is 0 Å². The Morgan fingerprint density at radius 2 is 1.33 bits per heavy atom. The van der Waals surface area contributed by atoms with Gasteiger partial charge in [-0.15, -0.1) is 0 Å². The quantitative estimate of drug-likeness (QED) is 0.321. The van der Waals surface area contributed by atoms with E-state index in [0.717, 1.165) is 32.6 Å². The molecule has 0 N–H and O–H groups in total. The zero-order valence-electron chi connectivity index (χ0n) is 16.6. The summed E-state index contributed by atoms with van der Waals surface area (Å²) >= 11 is 3.51. The van der Waals surface area contributed by atoms with E-state index in [-0.39, 0.29) is 0 Å². The van der Waals surface area contributed by atoms with E-state index in [2.05, 4.69) is 25.9 Å². The van der Waals surface area contributed by atoms with Crippen LogP contribution in [0.2, 0.25) is 0 Å². The molecule has 4 rings (SSSR count). The minimum absolute atomic E-state index is 0.415. The minimum atomic E-state index is 0.415. The normalized spacial score (nSPS) is 10.6. The van der Waals surface area contributed by atoms with Crippen LogP contribution in [-0.2, 0) is 13.2 Å². The van der Waals surface area contributed by atoms with E-state index >= 15 is 0 Å². The summed E-state index contributed by atoms with van der Waals surface area (Å²) in [5, 5.41) is 0. The number of aromatic nitrogens is 2. The average Bonchev–Trinajstić information content (AvgIpc) is 2.79. The van der Waals surface area contributed by atoms with Crippen molar-refractivity contribution in [1.82, 2.24) is 9.97 Å². The van der Waals surface area contributed by atoms with Crippen molar-refractivity contribution in [3.05, 3.63) is 106 Å². The molecule has 2 heterocycles. The molecule has 0 unspecified atom stereocenters. The summed E-state index contributed by atoms with van der Waals surface area (Å²) in [5.41, 5.74) is 4.70. The van der Waals surface area contributed by atoms with E-state index in [1.165, 1.54) is 0 Å². The number of rotatable bonds is 7. The molecular weight excluding hydrogens is 440 g/mol. The first-order valence-electron chi connectivity index (χ1n) is 9.67. The summed E-state index contributed by atoms with van der Waals surface area (Å²) < 4.78 is 13.0. The van der Waals surface area contributed by atoms with Crippen LogP contribution in [0.4, 0.5) is 0 Å². The van der Waals surface area contributed by atoms with Crippen LogP contribution >= 0.6 is 15.9 Å². The van der Waals surface area contributed by atoms with Gasteiger partial charge in [0.15, 0.2) is 0 Å². The topological polar surface area (TPSA) is 44.2 Å². The molecule has 0 aliphatic rings. The molecule has 30 heavy (non-hydrogen) atoms. The Bertz CT molecular complexity index is 1120. The summed E-state index contributed by atoms with van der Waals surface area (Å²) in [4.78, 5) is 9.31. The van der Waals surface area contributed by atoms with Crippen molar-refractivity contribution in [1.29, 1.82) is 0 Å². The number of aryl methyl sites for hydroxylation is 1. The highest BCUT2D eigenvalue weighted by atomic mass is 79.9. The van der Waals surface area contributed by atoms with E-state index in [9.17, 15) is 0 Å². The first kappa shape index (κ1) is 20.1. The summed E-state index contributed by atoms with van der Waals surface area (Å²) in [6.45, 7) is 2.82. The number of hydrogen-bond acceptors (Lipinski definition) is 4. The number of pyridine rings is 2. The predicted molar refractivity (Wildman–Crippen MR) is 121 cm³/mol. The number of nitrogens with zero attached hydrogens (tertiary/aromatic N) is 2. The van der Waals surface area contributed by atoms with Gasteiger partial charge in [0.2, 0.25) is 11.8 Å². The highest BCUT2D eigenvalue weighted by Gasteiger charge is 2.13. The highest BCUT2D eigenvalue weighted by molar-refractivity contribution is 9.10. The molecule has 5 heteroatoms. The molecule has 150 valence electrons. The number of benzene rings is 2. The summed E-state index contributed by atoms with van der Waals surface area (Å²) in [5.74, 6) is 1.01. The first-order valence-corrected chi connectivity index (χ1v) is 10.5. The fourth-order valence-electron chi connectivity index (χ4n) is 2.96. The maximum absolute atomic E-state index is 6.10. The van der Waals surface area contributed by atoms with Crippen molar-refractivity contribution in [2.75, 3.05) is 0 Å². The fourth-order valence-corrected chi connectivity index (χ4v) is 3.18. The van der Waals surface area contributed by atoms with Gasteiger partial charge in [-0.2, -0.15) is 4.98 Å². The Hall–Kier alpha value is -3.18. The third-order valence-corrected chi connectivity index (χ3v) is 5.42. The van der Waals surface area contributed by atoms with Gasteiger partial charge < -0.3 is 9.47 Å². The Morgan fingerprint density at radius 1 is 0.700 bits per heavy atom. The highest BCUT2D eigenvalue weighted by Crippen LogP contribution is 2.31. The van der Waals surface area contributed by atoms with Crippen LogP contribution in [0.15, 0.2) is 89.4 Å². The van der Waals surface area contributed by atoms with E-state index in [1.54, 1.807) is 0 Å². The molecule has 0 saturated carbocycles. The molecule has 0 amide bonds. The molecule has 4 aromatic rings. The van der Waals surface area contributed by atoms with Crippen molar-refractivity contribution in [3.63, 3.8) is 0 Å². The van der Waals surface area contributed by atoms with Gasteiger partial charge in [0, 0.05) is 10.5 Å². The number of hydrogen-bond donors (Lipinski definition) is 0. The maximum atomic E-state index is 6.10. The fraction of sp³-hybridized carbons (Fsp3) is 0.120. The van der Waals surface area contributed by atoms with Crippen molar-refractivity contribution in [3.8, 4) is 23.0 Å². The Kier molecular flexibility index (Phi) is 6.40. The Morgan fingerprint density at radius 3 is 1.97 bits per heavy atom. The van der Waals surface area contributed by atoms with Crippen LogP contribution in [0.5, 0.6) is 11.8 Å². The number of halogens is 1. The third kappa shape index (κ3) is 5.05. The van der Waals surface area contributed by atoms with Gasteiger partial charge in [-0.3, -0.25) is 4.98 Å². The van der Waals surface area contributed by atoms with E-state index in [4.69, 9.17) is 9.47 Å². The maximum Gasteiger partial charge on any atom is 0.226 e. The van der Waals surface area contributed by atoms with Crippen LogP contribution in [0.1, 0.15) is 16.8 Å². The van der Waals surface area contributed by atoms with Crippen LogP contribution in [0.25, 0.3) is 11.3 Å². The van der Waals surface area contributed by atoms with Crippen molar-refractivity contribution in [2.45, 2.75) is 20.1 Å². The zero-order chi connectivity index (χ0) is 20.8. The Balaban J connectivity index is 1.61. The molecule has 0 radical (unpaired) electrons. The van der Waals surface area contributed by atoms with E-state index in [0.29, 0.717) is 25.0 Å². The SMILES string of the molecule is Cc1nc(-c2ccc(OCc3ccccc3)nc2OCc2ccccc2)ccc1Br. The van der Waals surface area contributed by atoms with Gasteiger partial charge in [0.1, 0.15) is 13.2 Å². The first-order chi connectivity index (χ1) is 14.7. The minimum Gasteiger partial charge on any atom is -0.473 e. The second kappa shape index (κ2) is 9.55. The van der Waals surface area contributed by atoms with E-state index < -0.39 is 0 Å². The largest absolute Gasteiger partial charge is 0.473 e. The molecule has 0 saturated heterocycles. The van der Waals surface area contributed by atoms with Crippen LogP contribution in [0, 0.1) is 6.92 Å². The standard InChI is InChI=1S/C25H21BrN2O2/c1-18-22(26)13-14-23(27-18)21-12-15-24(29-16-19-8-4-2-5-9-19)28-25(21)30-17-20-10-6-3-7-11-20/h2-15H,16-17H2,1H3. The lowest BCUT2D eigenvalue weighted by Gasteiger charge is -2.13. The second-order valence-electron chi connectivity index (χ2n) is 6.81. The Labute approximate surface area is 184 Å². The zero-order valence-corrected chi connectivity index (χ0v) is 18.2. The molecule has 0 aliphatic heterocycles. The van der Waals surface area contributed by atoms with Gasteiger partial charge in [-0.25, -0.2) is 0 Å². The molecule has 0 spiro atoms. The predicted octanol–water partition coefficient (Wildman–Crippen LogP) is 6.37. The lowest BCUT2D eigenvalue weighted by molar-refractivity contribution is 0.268. The van der Waals surface area contributed by atoms with Gasteiger partial charge in [-0.1, -0.05) is 60.7 Å². The van der Waals surface area contributed by atoms with Gasteiger partial charge in [0.25, 0.3) is 0 Å². The third-order valence-electron chi connectivity index (χ3n) is 4.58. The van der Waals surface area contributed by atoms with Gasteiger partial charge in [-0.05, 0) is 52.2 Å². The summed E-state index contributed by atoms with van der Waals surface area (Å²) in [6, 6.07) is 27.8. The van der Waals surface area contributed by atoms with Crippen LogP contribution < -0.4 is 9.47 Å². The van der Waals surface area contributed by atoms with Crippen LogP contribution in [0.3, 0.4) is 0 Å². The van der Waals surface area contributed by atoms with Crippen molar-refractivity contribution >= 4 is 15.9 Å². The molecule has 4 nitrogen and oxygen atoms in total. The molecule has 0 fully saturated rings. The summed E-state index contributed by atoms with van der Waals surface area (Å²) in [7, 11) is 0. The molecule has 0 atom stereocenters. The smallest absolute Gasteiger partial charge is 0.226 e. The number of ether oxygens (including phenoxy) is 2. The molecule has 0 bridgehead atoms. The van der Waals surface area contributed by atoms with E-state index in [1.807, 2.05) is 91.9 Å². The average molecular weight is 461 g/mol. The molecule has 2 aromatic carbocycles. The van der Waals surface area contributed by atoms with Crippen molar-refractivity contribution < 1.29 is 9.47 Å². The monoisotopic (exact) mass is 460 g/mol.